The molecule has 0 N–H and O–H groups in total. The lowest BCUT2D eigenvalue weighted by Crippen LogP contribution is -2.22. The van der Waals surface area contributed by atoms with Gasteiger partial charge in [0.15, 0.2) is 5.78 Å². The van der Waals surface area contributed by atoms with Gasteiger partial charge < -0.3 is 14.2 Å². The second kappa shape index (κ2) is 11.6. The largest absolute Gasteiger partial charge is 0.496 e. The van der Waals surface area contributed by atoms with Gasteiger partial charge in [0.1, 0.15) is 29.3 Å². The molecule has 0 aliphatic heterocycles. The van der Waals surface area contributed by atoms with E-state index in [4.69, 9.17) is 14.2 Å². The quantitative estimate of drug-likeness (QED) is 0.167. The first-order chi connectivity index (χ1) is 19.6. The zero-order valence-corrected chi connectivity index (χ0v) is 22.6. The molecule has 1 saturated carbocycles. The molecule has 216 valence electrons. The number of alkyl halides is 3. The number of esters is 1. The van der Waals surface area contributed by atoms with Crippen LogP contribution in [0.25, 0.3) is 28.0 Å². The first-order valence-electron chi connectivity index (χ1n) is 13.2. The average Bonchev–Trinajstić information content (AvgIpc) is 3.56. The van der Waals surface area contributed by atoms with Crippen molar-refractivity contribution < 1.29 is 37.0 Å². The van der Waals surface area contributed by atoms with Crippen molar-refractivity contribution in [1.82, 2.24) is 19.2 Å². The Labute approximate surface area is 233 Å². The Morgan fingerprint density at radius 1 is 1.02 bits per heavy atom. The topological polar surface area (TPSA) is 97.0 Å². The summed E-state index contributed by atoms with van der Waals surface area (Å²) in [6, 6.07) is 6.89. The van der Waals surface area contributed by atoms with Gasteiger partial charge in [0.25, 0.3) is 0 Å². The van der Waals surface area contributed by atoms with Gasteiger partial charge in [-0.05, 0) is 48.6 Å². The minimum Gasteiger partial charge on any atom is -0.496 e. The van der Waals surface area contributed by atoms with E-state index in [-0.39, 0.29) is 29.6 Å². The number of imidazole rings is 1. The number of hydrogen-bond donors (Lipinski definition) is 0. The molecule has 1 aliphatic rings. The number of hydrogen-bond acceptors (Lipinski definition) is 7. The maximum atomic E-state index is 12.7. The number of methoxy groups -OCH3 is 2. The molecule has 3 aromatic heterocycles. The molecule has 1 aromatic carbocycles. The van der Waals surface area contributed by atoms with Crippen molar-refractivity contribution in [2.75, 3.05) is 20.8 Å². The molecule has 9 nitrogen and oxygen atoms in total. The van der Waals surface area contributed by atoms with E-state index in [1.165, 1.54) is 25.3 Å². The van der Waals surface area contributed by atoms with Crippen molar-refractivity contribution in [3.8, 4) is 33.9 Å². The lowest BCUT2D eigenvalue weighted by atomic mass is 9.86. The summed E-state index contributed by atoms with van der Waals surface area (Å²) in [6.45, 7) is 0.488. The third-order valence-electron chi connectivity index (χ3n) is 7.19. The van der Waals surface area contributed by atoms with Gasteiger partial charge in [0.2, 0.25) is 0 Å². The molecule has 12 heteroatoms. The summed E-state index contributed by atoms with van der Waals surface area (Å²) in [7, 11) is 2.68. The van der Waals surface area contributed by atoms with Crippen LogP contribution in [0.1, 0.15) is 42.5 Å². The van der Waals surface area contributed by atoms with E-state index in [0.29, 0.717) is 29.4 Å². The molecule has 0 unspecified atom stereocenters. The van der Waals surface area contributed by atoms with Crippen LogP contribution in [0.4, 0.5) is 13.2 Å². The molecule has 0 amide bonds. The maximum absolute atomic E-state index is 12.7. The molecule has 0 radical (unpaired) electrons. The highest BCUT2D eigenvalue weighted by Gasteiger charge is 2.30. The van der Waals surface area contributed by atoms with Crippen molar-refractivity contribution in [3.63, 3.8) is 0 Å². The zero-order chi connectivity index (χ0) is 29.1. The number of halogens is 3. The van der Waals surface area contributed by atoms with E-state index in [1.54, 1.807) is 30.7 Å². The smallest absolute Gasteiger partial charge is 0.389 e. The third-order valence-corrected chi connectivity index (χ3v) is 7.19. The Morgan fingerprint density at radius 3 is 2.39 bits per heavy atom. The highest BCUT2D eigenvalue weighted by Crippen LogP contribution is 2.37. The first kappa shape index (κ1) is 28.2. The standard InChI is InChI=1S/C29H29F3N4O5/c1-39-24-10-20(11-25(40-2)28(24)23(37)6-8-29(30,31)32)22-14-33-26-12-19(7-9-36(22)26)21-13-34-35(15-21)16-27(38)41-17-18-4-3-5-18/h7,9-15,18H,3-6,8,16-17H2,1-2H3. The number of carbonyl (C=O) groups excluding carboxylic acids is 2. The zero-order valence-electron chi connectivity index (χ0n) is 22.6. The normalized spacial score (nSPS) is 13.7. The summed E-state index contributed by atoms with van der Waals surface area (Å²) in [5.74, 6) is -0.353. The highest BCUT2D eigenvalue weighted by atomic mass is 19.4. The van der Waals surface area contributed by atoms with E-state index in [9.17, 15) is 22.8 Å². The Morgan fingerprint density at radius 2 is 1.76 bits per heavy atom. The van der Waals surface area contributed by atoms with Gasteiger partial charge in [-0.3, -0.25) is 18.7 Å². The summed E-state index contributed by atoms with van der Waals surface area (Å²) in [5.41, 5.74) is 3.47. The fourth-order valence-electron chi connectivity index (χ4n) is 4.74. The fourth-order valence-corrected chi connectivity index (χ4v) is 4.74. The molecule has 0 bridgehead atoms. The van der Waals surface area contributed by atoms with E-state index in [1.807, 2.05) is 22.7 Å². The van der Waals surface area contributed by atoms with Crippen molar-refractivity contribution in [2.24, 2.45) is 5.92 Å². The lowest BCUT2D eigenvalue weighted by molar-refractivity contribution is -0.146. The van der Waals surface area contributed by atoms with Gasteiger partial charge in [-0.25, -0.2) is 4.98 Å². The van der Waals surface area contributed by atoms with Crippen LogP contribution in [-0.4, -0.2) is 57.9 Å². The highest BCUT2D eigenvalue weighted by molar-refractivity contribution is 6.02. The van der Waals surface area contributed by atoms with Gasteiger partial charge in [0.05, 0.1) is 45.3 Å². The van der Waals surface area contributed by atoms with E-state index in [0.717, 1.165) is 24.0 Å². The number of aromatic nitrogens is 4. The summed E-state index contributed by atoms with van der Waals surface area (Å²) >= 11 is 0. The van der Waals surface area contributed by atoms with Crippen LogP contribution in [0, 0.1) is 5.92 Å². The van der Waals surface area contributed by atoms with Gasteiger partial charge in [0, 0.05) is 29.9 Å². The molecule has 0 saturated heterocycles. The van der Waals surface area contributed by atoms with Crippen molar-refractivity contribution in [3.05, 3.63) is 54.6 Å². The number of carbonyl (C=O) groups is 2. The molecule has 4 aromatic rings. The van der Waals surface area contributed by atoms with E-state index < -0.39 is 24.8 Å². The second-order valence-corrected chi connectivity index (χ2v) is 9.99. The summed E-state index contributed by atoms with van der Waals surface area (Å²) in [6.07, 6.45) is 3.89. The van der Waals surface area contributed by atoms with Gasteiger partial charge in [-0.2, -0.15) is 18.3 Å². The Hall–Kier alpha value is -4.35. The van der Waals surface area contributed by atoms with Crippen molar-refractivity contribution in [2.45, 2.75) is 44.8 Å². The number of fused-ring (bicyclic) bond motifs is 1. The summed E-state index contributed by atoms with van der Waals surface area (Å²) in [5, 5.41) is 4.28. The second-order valence-electron chi connectivity index (χ2n) is 9.99. The van der Waals surface area contributed by atoms with Gasteiger partial charge in [-0.1, -0.05) is 6.42 Å². The molecule has 0 atom stereocenters. The van der Waals surface area contributed by atoms with Crippen LogP contribution in [0.5, 0.6) is 11.5 Å². The minimum atomic E-state index is -4.45. The molecular formula is C29H29F3N4O5. The molecule has 0 spiro atoms. The van der Waals surface area contributed by atoms with Crippen LogP contribution < -0.4 is 9.47 Å². The summed E-state index contributed by atoms with van der Waals surface area (Å²) < 4.78 is 57.6. The van der Waals surface area contributed by atoms with Crippen LogP contribution in [-0.2, 0) is 16.1 Å². The SMILES string of the molecule is COc1cc(-c2cnc3cc(-c4cnn(CC(=O)OCC5CCC5)c4)ccn23)cc(OC)c1C(=O)CCC(F)(F)F. The number of benzene rings is 1. The molecular weight excluding hydrogens is 541 g/mol. The number of rotatable bonds is 11. The lowest BCUT2D eigenvalue weighted by Gasteiger charge is -2.24. The monoisotopic (exact) mass is 570 g/mol. The predicted molar refractivity (Wildman–Crippen MR) is 143 cm³/mol. The summed E-state index contributed by atoms with van der Waals surface area (Å²) in [4.78, 5) is 29.3. The molecule has 3 heterocycles. The van der Waals surface area contributed by atoms with Gasteiger partial charge >= 0.3 is 12.1 Å². The van der Waals surface area contributed by atoms with Crippen molar-refractivity contribution in [1.29, 1.82) is 0 Å². The van der Waals surface area contributed by atoms with Crippen molar-refractivity contribution >= 4 is 17.4 Å². The van der Waals surface area contributed by atoms with Crippen LogP contribution in [0.3, 0.4) is 0 Å². The number of Topliss-reactive ketones (excluding diaryl/α,β-unsaturated/α-hetero) is 1. The first-order valence-corrected chi connectivity index (χ1v) is 13.2. The Balaban J connectivity index is 1.36. The third kappa shape index (κ3) is 6.36. The van der Waals surface area contributed by atoms with E-state index >= 15 is 0 Å². The Kier molecular flexibility index (Phi) is 8.00. The van der Waals surface area contributed by atoms with E-state index in [2.05, 4.69) is 10.1 Å². The number of pyridine rings is 1. The van der Waals surface area contributed by atoms with Crippen LogP contribution >= 0.6 is 0 Å². The maximum Gasteiger partial charge on any atom is 0.389 e. The number of ether oxygens (including phenoxy) is 3. The molecule has 1 fully saturated rings. The molecule has 41 heavy (non-hydrogen) atoms. The molecule has 1 aliphatic carbocycles. The van der Waals surface area contributed by atoms with Crippen LogP contribution in [0.2, 0.25) is 0 Å². The predicted octanol–water partition coefficient (Wildman–Crippen LogP) is 5.75. The number of ketones is 1. The average molecular weight is 571 g/mol. The van der Waals surface area contributed by atoms with Crippen LogP contribution in [0.15, 0.2) is 49.1 Å². The fraction of sp³-hybridized carbons (Fsp3) is 0.379. The number of nitrogens with zero attached hydrogens (tertiary/aromatic N) is 4. The van der Waals surface area contributed by atoms with Gasteiger partial charge in [-0.15, -0.1) is 0 Å². The Bertz CT molecular complexity index is 1550. The molecule has 5 rings (SSSR count). The minimum absolute atomic E-state index is 0.0286.